The number of benzene rings is 1. The quantitative estimate of drug-likeness (QED) is 0.748. The minimum Gasteiger partial charge on any atom is -0.310 e. The fourth-order valence-electron chi connectivity index (χ4n) is 1.97. The molecule has 1 rings (SSSR count). The molecule has 0 amide bonds. The molecule has 0 aromatic heterocycles. The van der Waals surface area contributed by atoms with Crippen LogP contribution in [0, 0.1) is 0 Å². The van der Waals surface area contributed by atoms with Gasteiger partial charge in [0.25, 0.3) is 0 Å². The van der Waals surface area contributed by atoms with Gasteiger partial charge in [0, 0.05) is 6.04 Å². The fourth-order valence-corrected chi connectivity index (χ4v) is 1.97. The van der Waals surface area contributed by atoms with Crippen molar-refractivity contribution in [2.45, 2.75) is 45.6 Å². The van der Waals surface area contributed by atoms with Gasteiger partial charge < -0.3 is 5.32 Å². The van der Waals surface area contributed by atoms with Gasteiger partial charge in [-0.2, -0.15) is 0 Å². The molecule has 0 heterocycles. The van der Waals surface area contributed by atoms with Crippen LogP contribution in [-0.4, -0.2) is 6.54 Å². The molecule has 1 heteroatoms. The topological polar surface area (TPSA) is 12.0 Å². The van der Waals surface area contributed by atoms with Crippen LogP contribution >= 0.6 is 0 Å². The summed E-state index contributed by atoms with van der Waals surface area (Å²) < 4.78 is 0. The van der Waals surface area contributed by atoms with E-state index in [-0.39, 0.29) is 5.41 Å². The van der Waals surface area contributed by atoms with Crippen LogP contribution in [0.5, 0.6) is 0 Å². The first kappa shape index (κ1) is 14.0. The molecule has 1 N–H and O–H groups in total. The maximum Gasteiger partial charge on any atom is 0.0354 e. The molecule has 0 aliphatic carbocycles. The zero-order valence-corrected chi connectivity index (χ0v) is 11.6. The van der Waals surface area contributed by atoms with Gasteiger partial charge in [0.15, 0.2) is 0 Å². The molecule has 0 spiro atoms. The van der Waals surface area contributed by atoms with Gasteiger partial charge in [-0.1, -0.05) is 58.0 Å². The fraction of sp³-hybridized carbons (Fsp3) is 0.500. The molecule has 1 unspecified atom stereocenters. The summed E-state index contributed by atoms with van der Waals surface area (Å²) in [7, 11) is 0. The average molecular weight is 231 g/mol. The zero-order chi connectivity index (χ0) is 12.9. The third-order valence-corrected chi connectivity index (χ3v) is 3.03. The van der Waals surface area contributed by atoms with Crippen molar-refractivity contribution < 1.29 is 0 Å². The lowest BCUT2D eigenvalue weighted by atomic mass is 9.86. The van der Waals surface area contributed by atoms with Crippen molar-refractivity contribution in [1.29, 1.82) is 0 Å². The predicted molar refractivity (Wildman–Crippen MR) is 76.4 cm³/mol. The highest BCUT2D eigenvalue weighted by molar-refractivity contribution is 5.29. The molecule has 94 valence electrons. The first-order valence-electron chi connectivity index (χ1n) is 6.43. The Bertz CT molecular complexity index is 343. The van der Waals surface area contributed by atoms with E-state index in [1.54, 1.807) is 0 Å². The summed E-state index contributed by atoms with van der Waals surface area (Å²) in [6.45, 7) is 13.7. The first-order chi connectivity index (χ1) is 7.99. The maximum atomic E-state index is 3.83. The highest BCUT2D eigenvalue weighted by Gasteiger charge is 2.14. The van der Waals surface area contributed by atoms with Crippen molar-refractivity contribution in [3.63, 3.8) is 0 Å². The lowest BCUT2D eigenvalue weighted by Gasteiger charge is -2.21. The van der Waals surface area contributed by atoms with Gasteiger partial charge in [0.1, 0.15) is 0 Å². The SMILES string of the molecule is C=CCC(NCC)c1ccc(C(C)(C)C)cc1. The van der Waals surface area contributed by atoms with Crippen LogP contribution in [0.1, 0.15) is 51.3 Å². The van der Waals surface area contributed by atoms with Crippen LogP contribution in [0.4, 0.5) is 0 Å². The molecule has 0 aliphatic rings. The zero-order valence-electron chi connectivity index (χ0n) is 11.6. The smallest absolute Gasteiger partial charge is 0.0354 e. The van der Waals surface area contributed by atoms with Crippen molar-refractivity contribution in [1.82, 2.24) is 5.32 Å². The van der Waals surface area contributed by atoms with E-state index in [9.17, 15) is 0 Å². The van der Waals surface area contributed by atoms with E-state index in [0.717, 1.165) is 13.0 Å². The summed E-state index contributed by atoms with van der Waals surface area (Å²) in [4.78, 5) is 0. The third-order valence-electron chi connectivity index (χ3n) is 3.03. The first-order valence-corrected chi connectivity index (χ1v) is 6.43. The molecule has 0 fully saturated rings. The van der Waals surface area contributed by atoms with Crippen molar-refractivity contribution in [2.24, 2.45) is 0 Å². The van der Waals surface area contributed by atoms with Gasteiger partial charge >= 0.3 is 0 Å². The minimum atomic E-state index is 0.227. The standard InChI is InChI=1S/C16H25N/c1-6-8-15(17-7-2)13-9-11-14(12-10-13)16(3,4)5/h6,9-12,15,17H,1,7-8H2,2-5H3. The highest BCUT2D eigenvalue weighted by Crippen LogP contribution is 2.25. The summed E-state index contributed by atoms with van der Waals surface area (Å²) in [6.07, 6.45) is 2.95. The largest absolute Gasteiger partial charge is 0.310 e. The highest BCUT2D eigenvalue weighted by atomic mass is 14.9. The van der Waals surface area contributed by atoms with Crippen LogP contribution in [0.3, 0.4) is 0 Å². The van der Waals surface area contributed by atoms with E-state index in [2.05, 4.69) is 63.9 Å². The Morgan fingerprint density at radius 2 is 1.82 bits per heavy atom. The van der Waals surface area contributed by atoms with E-state index in [0.29, 0.717) is 6.04 Å². The van der Waals surface area contributed by atoms with Crippen LogP contribution < -0.4 is 5.32 Å². The molecule has 0 aliphatic heterocycles. The van der Waals surface area contributed by atoms with E-state index in [1.165, 1.54) is 11.1 Å². The second-order valence-corrected chi connectivity index (χ2v) is 5.51. The Labute approximate surface area is 106 Å². The van der Waals surface area contributed by atoms with E-state index < -0.39 is 0 Å². The van der Waals surface area contributed by atoms with Gasteiger partial charge in [-0.05, 0) is 29.5 Å². The summed E-state index contributed by atoms with van der Waals surface area (Å²) in [6, 6.07) is 9.34. The number of rotatable bonds is 5. The Hall–Kier alpha value is -1.08. The van der Waals surface area contributed by atoms with Crippen LogP contribution in [0.25, 0.3) is 0 Å². The van der Waals surface area contributed by atoms with E-state index >= 15 is 0 Å². The van der Waals surface area contributed by atoms with Gasteiger partial charge in [0.05, 0.1) is 0 Å². The lowest BCUT2D eigenvalue weighted by molar-refractivity contribution is 0.556. The molecule has 1 atom stereocenters. The second-order valence-electron chi connectivity index (χ2n) is 5.51. The second kappa shape index (κ2) is 6.02. The van der Waals surface area contributed by atoms with E-state index in [1.807, 2.05) is 6.08 Å². The maximum absolute atomic E-state index is 3.83. The third kappa shape index (κ3) is 4.01. The Morgan fingerprint density at radius 3 is 2.24 bits per heavy atom. The minimum absolute atomic E-state index is 0.227. The predicted octanol–water partition coefficient (Wildman–Crippen LogP) is 4.21. The number of hydrogen-bond donors (Lipinski definition) is 1. The summed E-state index contributed by atoms with van der Waals surface area (Å²) in [5, 5.41) is 3.49. The number of nitrogens with one attached hydrogen (secondary N) is 1. The average Bonchev–Trinajstić information content (AvgIpc) is 2.28. The molecular formula is C16H25N. The van der Waals surface area contributed by atoms with Crippen molar-refractivity contribution in [2.75, 3.05) is 6.54 Å². The van der Waals surface area contributed by atoms with Gasteiger partial charge in [-0.25, -0.2) is 0 Å². The number of hydrogen-bond acceptors (Lipinski definition) is 1. The Kier molecular flexibility index (Phi) is 4.95. The van der Waals surface area contributed by atoms with Crippen LogP contribution in [0.15, 0.2) is 36.9 Å². The van der Waals surface area contributed by atoms with Crippen molar-refractivity contribution in [3.05, 3.63) is 48.0 Å². The van der Waals surface area contributed by atoms with Crippen LogP contribution in [-0.2, 0) is 5.41 Å². The molecule has 1 aromatic carbocycles. The van der Waals surface area contributed by atoms with Gasteiger partial charge in [0.2, 0.25) is 0 Å². The molecule has 1 aromatic rings. The van der Waals surface area contributed by atoms with E-state index in [4.69, 9.17) is 0 Å². The van der Waals surface area contributed by atoms with Crippen LogP contribution in [0.2, 0.25) is 0 Å². The summed E-state index contributed by atoms with van der Waals surface area (Å²) in [5.41, 5.74) is 2.96. The molecule has 0 radical (unpaired) electrons. The van der Waals surface area contributed by atoms with Gasteiger partial charge in [-0.15, -0.1) is 6.58 Å². The molecule has 0 saturated heterocycles. The normalized spacial score (nSPS) is 13.4. The Morgan fingerprint density at radius 1 is 1.24 bits per heavy atom. The summed E-state index contributed by atoms with van der Waals surface area (Å²) in [5.74, 6) is 0. The molecule has 17 heavy (non-hydrogen) atoms. The Balaban J connectivity index is 2.87. The lowest BCUT2D eigenvalue weighted by Crippen LogP contribution is -2.20. The van der Waals surface area contributed by atoms with Crippen molar-refractivity contribution in [3.8, 4) is 0 Å². The van der Waals surface area contributed by atoms with Crippen molar-refractivity contribution >= 4 is 0 Å². The molecule has 0 saturated carbocycles. The summed E-state index contributed by atoms with van der Waals surface area (Å²) >= 11 is 0. The molecular weight excluding hydrogens is 206 g/mol. The molecule has 1 nitrogen and oxygen atoms in total. The molecule has 0 bridgehead atoms. The van der Waals surface area contributed by atoms with Gasteiger partial charge in [-0.3, -0.25) is 0 Å². The monoisotopic (exact) mass is 231 g/mol.